The van der Waals surface area contributed by atoms with Crippen LogP contribution in [-0.4, -0.2) is 87.5 Å². The lowest BCUT2D eigenvalue weighted by Gasteiger charge is -2.35. The van der Waals surface area contributed by atoms with Gasteiger partial charge in [0, 0.05) is 51.9 Å². The zero-order chi connectivity index (χ0) is 22.6. The summed E-state index contributed by atoms with van der Waals surface area (Å²) in [6.45, 7) is 17.5. The van der Waals surface area contributed by atoms with Crippen LogP contribution in [0.3, 0.4) is 0 Å². The number of nitrogens with one attached hydrogen (secondary N) is 2. The second kappa shape index (κ2) is 15.9. The Hall–Kier alpha value is -0.940. The Morgan fingerprint density at radius 1 is 1.00 bits per heavy atom. The first-order chi connectivity index (χ1) is 15.6. The number of morpholine rings is 2. The van der Waals surface area contributed by atoms with Gasteiger partial charge in [-0.3, -0.25) is 9.80 Å². The predicted molar refractivity (Wildman–Crippen MR) is 146 cm³/mol. The number of guanidine groups is 1. The number of nitrogens with zero attached hydrogens (tertiary/aromatic N) is 3. The van der Waals surface area contributed by atoms with Crippen molar-refractivity contribution in [1.82, 2.24) is 20.4 Å². The van der Waals surface area contributed by atoms with Gasteiger partial charge in [-0.05, 0) is 30.4 Å². The van der Waals surface area contributed by atoms with Gasteiger partial charge in [-0.25, -0.2) is 4.99 Å². The molecule has 0 amide bonds. The van der Waals surface area contributed by atoms with Gasteiger partial charge in [0.2, 0.25) is 0 Å². The summed E-state index contributed by atoms with van der Waals surface area (Å²) >= 11 is 0. The van der Waals surface area contributed by atoms with E-state index in [1.54, 1.807) is 0 Å². The van der Waals surface area contributed by atoms with Crippen LogP contribution in [0, 0.1) is 5.92 Å². The maximum absolute atomic E-state index is 5.56. The number of ether oxygens (including phenoxy) is 2. The molecule has 0 spiro atoms. The molecule has 1 atom stereocenters. The van der Waals surface area contributed by atoms with Crippen LogP contribution >= 0.6 is 24.0 Å². The molecule has 0 saturated carbocycles. The standard InChI is InChI=1S/C25H43N5O2.HI/c1-4-26-25(28-19-24(16-21(2)3)30-10-14-32-15-11-30)27-18-22-6-5-7-23(17-22)20-29-8-12-31-13-9-29;/h5-7,17,21,24H,4,8-16,18-20H2,1-3H3,(H2,26,27,28);1H. The van der Waals surface area contributed by atoms with Crippen LogP contribution in [-0.2, 0) is 22.6 Å². The maximum Gasteiger partial charge on any atom is 0.191 e. The van der Waals surface area contributed by atoms with Crippen molar-refractivity contribution in [2.24, 2.45) is 10.9 Å². The minimum absolute atomic E-state index is 0. The van der Waals surface area contributed by atoms with Crippen LogP contribution in [0.15, 0.2) is 29.3 Å². The highest BCUT2D eigenvalue weighted by atomic mass is 127. The SMILES string of the molecule is CCNC(=NCc1cccc(CN2CCOCC2)c1)NCC(CC(C)C)N1CCOCC1.I. The molecule has 1 aromatic rings. The van der Waals surface area contributed by atoms with E-state index < -0.39 is 0 Å². The first-order valence-corrected chi connectivity index (χ1v) is 12.4. The quantitative estimate of drug-likeness (QED) is 0.255. The monoisotopic (exact) mass is 573 g/mol. The molecule has 0 aromatic heterocycles. The molecule has 188 valence electrons. The second-order valence-electron chi connectivity index (χ2n) is 9.22. The van der Waals surface area contributed by atoms with Gasteiger partial charge in [-0.2, -0.15) is 0 Å². The number of hydrogen-bond donors (Lipinski definition) is 2. The second-order valence-corrected chi connectivity index (χ2v) is 9.22. The summed E-state index contributed by atoms with van der Waals surface area (Å²) in [4.78, 5) is 9.91. The van der Waals surface area contributed by atoms with Gasteiger partial charge in [-0.1, -0.05) is 38.1 Å². The van der Waals surface area contributed by atoms with Gasteiger partial charge in [-0.15, -0.1) is 24.0 Å². The summed E-state index contributed by atoms with van der Waals surface area (Å²) in [6, 6.07) is 9.33. The normalized spacial score (nSPS) is 19.2. The average molecular weight is 574 g/mol. The van der Waals surface area contributed by atoms with Crippen molar-refractivity contribution >= 4 is 29.9 Å². The molecule has 0 aliphatic carbocycles. The van der Waals surface area contributed by atoms with Crippen LogP contribution in [0.4, 0.5) is 0 Å². The van der Waals surface area contributed by atoms with Crippen molar-refractivity contribution in [3.05, 3.63) is 35.4 Å². The van der Waals surface area contributed by atoms with Crippen molar-refractivity contribution < 1.29 is 9.47 Å². The molecular weight excluding hydrogens is 529 g/mol. The fourth-order valence-corrected chi connectivity index (χ4v) is 4.42. The molecule has 33 heavy (non-hydrogen) atoms. The molecule has 7 nitrogen and oxygen atoms in total. The number of halogens is 1. The molecule has 2 aliphatic rings. The highest BCUT2D eigenvalue weighted by molar-refractivity contribution is 14.0. The zero-order valence-electron chi connectivity index (χ0n) is 20.7. The number of benzene rings is 1. The highest BCUT2D eigenvalue weighted by Crippen LogP contribution is 2.13. The fourth-order valence-electron chi connectivity index (χ4n) is 4.42. The van der Waals surface area contributed by atoms with E-state index in [4.69, 9.17) is 14.5 Å². The fraction of sp³-hybridized carbons (Fsp3) is 0.720. The third-order valence-electron chi connectivity index (χ3n) is 6.08. The molecule has 0 bridgehead atoms. The Morgan fingerprint density at radius 3 is 2.33 bits per heavy atom. The Balaban J connectivity index is 0.00000385. The van der Waals surface area contributed by atoms with Gasteiger partial charge in [0.15, 0.2) is 5.96 Å². The molecule has 1 aromatic carbocycles. The zero-order valence-corrected chi connectivity index (χ0v) is 23.1. The predicted octanol–water partition coefficient (Wildman–Crippen LogP) is 2.94. The Kier molecular flexibility index (Phi) is 13.6. The van der Waals surface area contributed by atoms with E-state index in [1.807, 2.05) is 0 Å². The minimum atomic E-state index is 0. The van der Waals surface area contributed by atoms with Crippen molar-refractivity contribution in [3.63, 3.8) is 0 Å². The van der Waals surface area contributed by atoms with E-state index in [2.05, 4.69) is 65.5 Å². The third kappa shape index (κ3) is 10.5. The summed E-state index contributed by atoms with van der Waals surface area (Å²) in [7, 11) is 0. The number of aliphatic imine (C=N–C) groups is 1. The van der Waals surface area contributed by atoms with Crippen LogP contribution in [0.2, 0.25) is 0 Å². The smallest absolute Gasteiger partial charge is 0.191 e. The molecule has 1 unspecified atom stereocenters. The summed E-state index contributed by atoms with van der Waals surface area (Å²) in [5, 5.41) is 7.03. The lowest BCUT2D eigenvalue weighted by molar-refractivity contribution is 0.0132. The van der Waals surface area contributed by atoms with Crippen molar-refractivity contribution in [2.75, 3.05) is 65.7 Å². The van der Waals surface area contributed by atoms with Crippen LogP contribution in [0.1, 0.15) is 38.3 Å². The molecule has 2 aliphatic heterocycles. The van der Waals surface area contributed by atoms with Crippen LogP contribution in [0.5, 0.6) is 0 Å². The molecular formula is C25H44IN5O2. The summed E-state index contributed by atoms with van der Waals surface area (Å²) < 4.78 is 11.0. The highest BCUT2D eigenvalue weighted by Gasteiger charge is 2.22. The summed E-state index contributed by atoms with van der Waals surface area (Å²) in [5.74, 6) is 1.56. The average Bonchev–Trinajstić information content (AvgIpc) is 2.81. The molecule has 8 heteroatoms. The van der Waals surface area contributed by atoms with Gasteiger partial charge < -0.3 is 20.1 Å². The summed E-state index contributed by atoms with van der Waals surface area (Å²) in [5.41, 5.74) is 2.60. The van der Waals surface area contributed by atoms with E-state index in [-0.39, 0.29) is 24.0 Å². The molecule has 2 fully saturated rings. The first-order valence-electron chi connectivity index (χ1n) is 12.4. The molecule has 3 rings (SSSR count). The van der Waals surface area contributed by atoms with E-state index >= 15 is 0 Å². The van der Waals surface area contributed by atoms with Crippen molar-refractivity contribution in [3.8, 4) is 0 Å². The van der Waals surface area contributed by atoms with Gasteiger partial charge in [0.05, 0.1) is 33.0 Å². The molecule has 2 saturated heterocycles. The number of hydrogen-bond acceptors (Lipinski definition) is 5. The lowest BCUT2D eigenvalue weighted by atomic mass is 10.0. The topological polar surface area (TPSA) is 61.4 Å². The third-order valence-corrected chi connectivity index (χ3v) is 6.08. The van der Waals surface area contributed by atoms with E-state index in [0.717, 1.165) is 78.2 Å². The van der Waals surface area contributed by atoms with Gasteiger partial charge in [0.1, 0.15) is 0 Å². The van der Waals surface area contributed by atoms with Crippen molar-refractivity contribution in [2.45, 2.75) is 46.3 Å². The Labute approximate surface area is 217 Å². The maximum atomic E-state index is 5.56. The minimum Gasteiger partial charge on any atom is -0.379 e. The molecule has 0 radical (unpaired) electrons. The van der Waals surface area contributed by atoms with Crippen LogP contribution < -0.4 is 10.6 Å². The van der Waals surface area contributed by atoms with Crippen LogP contribution in [0.25, 0.3) is 0 Å². The largest absolute Gasteiger partial charge is 0.379 e. The number of rotatable bonds is 10. The Morgan fingerprint density at radius 2 is 1.67 bits per heavy atom. The summed E-state index contributed by atoms with van der Waals surface area (Å²) in [6.07, 6.45) is 1.18. The van der Waals surface area contributed by atoms with Crippen molar-refractivity contribution in [1.29, 1.82) is 0 Å². The van der Waals surface area contributed by atoms with E-state index in [1.165, 1.54) is 17.5 Å². The first kappa shape index (κ1) is 28.3. The van der Waals surface area contributed by atoms with E-state index in [0.29, 0.717) is 18.5 Å². The molecule has 2 heterocycles. The van der Waals surface area contributed by atoms with Gasteiger partial charge in [0.25, 0.3) is 0 Å². The molecule has 2 N–H and O–H groups in total. The van der Waals surface area contributed by atoms with Gasteiger partial charge >= 0.3 is 0 Å². The lowest BCUT2D eigenvalue weighted by Crippen LogP contribution is -2.51. The van der Waals surface area contributed by atoms with E-state index in [9.17, 15) is 0 Å². The Bertz CT molecular complexity index is 691.